The van der Waals surface area contributed by atoms with Crippen molar-refractivity contribution in [2.75, 3.05) is 0 Å². The molecule has 1 aliphatic carbocycles. The zero-order valence-electron chi connectivity index (χ0n) is 15.3. The zero-order chi connectivity index (χ0) is 20.8. The first-order valence-electron chi connectivity index (χ1n) is 8.90. The van der Waals surface area contributed by atoms with Crippen LogP contribution in [0, 0.1) is 23.0 Å². The average Bonchev–Trinajstić information content (AvgIpc) is 3.52. The van der Waals surface area contributed by atoms with E-state index in [1.165, 1.54) is 24.5 Å². The van der Waals surface area contributed by atoms with Crippen LogP contribution in [0.3, 0.4) is 0 Å². The molecule has 0 bridgehead atoms. The van der Waals surface area contributed by atoms with Gasteiger partial charge in [0, 0.05) is 23.3 Å². The Morgan fingerprint density at radius 1 is 1.31 bits per heavy atom. The normalized spacial score (nSPS) is 15.5. The van der Waals surface area contributed by atoms with Crippen molar-refractivity contribution in [1.29, 1.82) is 5.26 Å². The molecule has 0 aliphatic heterocycles. The lowest BCUT2D eigenvalue weighted by atomic mass is 9.94. The van der Waals surface area contributed by atoms with Gasteiger partial charge in [-0.3, -0.25) is 9.59 Å². The van der Waals surface area contributed by atoms with Crippen LogP contribution in [-0.2, 0) is 10.2 Å². The fraction of sp³-hybridized carbons (Fsp3) is 0.250. The van der Waals surface area contributed by atoms with Gasteiger partial charge < -0.3 is 10.3 Å². The van der Waals surface area contributed by atoms with Crippen LogP contribution in [0.25, 0.3) is 10.9 Å². The second-order valence-electron chi connectivity index (χ2n) is 7.05. The van der Waals surface area contributed by atoms with Crippen LogP contribution in [0.15, 0.2) is 35.4 Å². The molecule has 0 saturated heterocycles. The minimum Gasteiger partial charge on any atom is -0.346 e. The van der Waals surface area contributed by atoms with E-state index in [-0.39, 0.29) is 16.5 Å². The lowest BCUT2D eigenvalue weighted by Gasteiger charge is -2.19. The number of carbonyl (C=O) groups is 1. The standard InChI is InChI=1S/C20H15F2N5O2/c1-10(17-24-8-11(7-23)9-25-17)26-19(29)20(4-5-20)13-6-12-15(27-18(13)28)3-2-14(21)16(12)22/h2-3,6,8-10H,4-5H2,1H3,(H,26,29)(H,27,28)/t10-/m1/s1. The largest absolute Gasteiger partial charge is 0.346 e. The Hall–Kier alpha value is -3.67. The van der Waals surface area contributed by atoms with E-state index in [1.54, 1.807) is 6.92 Å². The number of rotatable bonds is 4. The third kappa shape index (κ3) is 3.12. The fourth-order valence-electron chi connectivity index (χ4n) is 3.33. The van der Waals surface area contributed by atoms with Crippen molar-refractivity contribution in [1.82, 2.24) is 20.3 Å². The minimum atomic E-state index is -1.11. The number of fused-ring (bicyclic) bond motifs is 1. The first-order chi connectivity index (χ1) is 13.9. The second-order valence-corrected chi connectivity index (χ2v) is 7.05. The van der Waals surface area contributed by atoms with Gasteiger partial charge >= 0.3 is 0 Å². The number of nitriles is 1. The molecule has 1 saturated carbocycles. The van der Waals surface area contributed by atoms with Crippen molar-refractivity contribution in [2.45, 2.75) is 31.2 Å². The minimum absolute atomic E-state index is 0.0813. The molecule has 3 aromatic rings. The molecule has 4 rings (SSSR count). The number of carbonyl (C=O) groups excluding carboxylic acids is 1. The van der Waals surface area contributed by atoms with E-state index in [9.17, 15) is 18.4 Å². The summed E-state index contributed by atoms with van der Waals surface area (Å²) in [5.74, 6) is -2.21. The van der Waals surface area contributed by atoms with Crippen molar-refractivity contribution in [3.05, 3.63) is 69.5 Å². The van der Waals surface area contributed by atoms with Gasteiger partial charge in [0.25, 0.3) is 5.56 Å². The van der Waals surface area contributed by atoms with Crippen LogP contribution >= 0.6 is 0 Å². The van der Waals surface area contributed by atoms with E-state index in [1.807, 2.05) is 6.07 Å². The van der Waals surface area contributed by atoms with Gasteiger partial charge in [-0.1, -0.05) is 0 Å². The average molecular weight is 395 g/mol. The maximum Gasteiger partial charge on any atom is 0.252 e. The highest BCUT2D eigenvalue weighted by atomic mass is 19.2. The lowest BCUT2D eigenvalue weighted by molar-refractivity contribution is -0.124. The summed E-state index contributed by atoms with van der Waals surface area (Å²) in [4.78, 5) is 36.1. The summed E-state index contributed by atoms with van der Waals surface area (Å²) < 4.78 is 27.8. The van der Waals surface area contributed by atoms with Crippen molar-refractivity contribution in [3.63, 3.8) is 0 Å². The number of halogens is 2. The topological polar surface area (TPSA) is 112 Å². The van der Waals surface area contributed by atoms with Crippen LogP contribution < -0.4 is 10.9 Å². The quantitative estimate of drug-likeness (QED) is 0.705. The van der Waals surface area contributed by atoms with Crippen LogP contribution in [0.1, 0.15) is 42.8 Å². The fourth-order valence-corrected chi connectivity index (χ4v) is 3.33. The molecule has 2 aromatic heterocycles. The number of hydrogen-bond acceptors (Lipinski definition) is 5. The molecule has 29 heavy (non-hydrogen) atoms. The highest BCUT2D eigenvalue weighted by Crippen LogP contribution is 2.48. The van der Waals surface area contributed by atoms with Crippen LogP contribution in [-0.4, -0.2) is 20.9 Å². The summed E-state index contributed by atoms with van der Waals surface area (Å²) in [7, 11) is 0. The molecule has 2 N–H and O–H groups in total. The van der Waals surface area contributed by atoms with E-state index in [0.29, 0.717) is 24.2 Å². The van der Waals surface area contributed by atoms with E-state index in [4.69, 9.17) is 5.26 Å². The first kappa shape index (κ1) is 18.7. The van der Waals surface area contributed by atoms with Gasteiger partial charge in [0.15, 0.2) is 11.6 Å². The Kier molecular flexibility index (Phi) is 4.34. The van der Waals surface area contributed by atoms with Gasteiger partial charge in [-0.2, -0.15) is 5.26 Å². The highest BCUT2D eigenvalue weighted by molar-refractivity contribution is 5.92. The molecule has 1 fully saturated rings. The highest BCUT2D eigenvalue weighted by Gasteiger charge is 2.53. The Morgan fingerprint density at radius 3 is 2.62 bits per heavy atom. The van der Waals surface area contributed by atoms with E-state index < -0.39 is 34.6 Å². The zero-order valence-corrected chi connectivity index (χ0v) is 15.3. The molecule has 7 nitrogen and oxygen atoms in total. The molecule has 1 atom stereocenters. The second kappa shape index (κ2) is 6.74. The maximum atomic E-state index is 14.2. The summed E-state index contributed by atoms with van der Waals surface area (Å²) in [5, 5.41) is 11.5. The van der Waals surface area contributed by atoms with E-state index in [2.05, 4.69) is 20.3 Å². The number of aromatic nitrogens is 3. The molecule has 146 valence electrons. The van der Waals surface area contributed by atoms with Crippen LogP contribution in [0.2, 0.25) is 0 Å². The van der Waals surface area contributed by atoms with E-state index >= 15 is 0 Å². The summed E-state index contributed by atoms with van der Waals surface area (Å²) in [6.07, 6.45) is 3.52. The molecule has 1 aliphatic rings. The predicted octanol–water partition coefficient (Wildman–Crippen LogP) is 2.38. The number of aromatic amines is 1. The van der Waals surface area contributed by atoms with Gasteiger partial charge in [0.1, 0.15) is 11.9 Å². The van der Waals surface area contributed by atoms with Gasteiger partial charge in [-0.25, -0.2) is 18.7 Å². The number of nitrogens with one attached hydrogen (secondary N) is 2. The Labute approximate surface area is 163 Å². The monoisotopic (exact) mass is 395 g/mol. The molecule has 1 aromatic carbocycles. The summed E-state index contributed by atoms with van der Waals surface area (Å²) >= 11 is 0. The summed E-state index contributed by atoms with van der Waals surface area (Å²) in [6, 6.07) is 4.81. The van der Waals surface area contributed by atoms with Crippen LogP contribution in [0.5, 0.6) is 0 Å². The molecular weight excluding hydrogens is 380 g/mol. The number of H-pyrrole nitrogens is 1. The molecule has 0 radical (unpaired) electrons. The number of pyridine rings is 1. The molecule has 2 heterocycles. The van der Waals surface area contributed by atoms with E-state index in [0.717, 1.165) is 6.07 Å². The Bertz CT molecular complexity index is 1230. The summed E-state index contributed by atoms with van der Waals surface area (Å²) in [5.41, 5.74) is -1.07. The van der Waals surface area contributed by atoms with Gasteiger partial charge in [-0.05, 0) is 38.0 Å². The van der Waals surface area contributed by atoms with Crippen molar-refractivity contribution >= 4 is 16.8 Å². The number of hydrogen-bond donors (Lipinski definition) is 2. The van der Waals surface area contributed by atoms with Crippen molar-refractivity contribution < 1.29 is 13.6 Å². The molecule has 1 amide bonds. The number of amides is 1. The number of benzene rings is 1. The molecular formula is C20H15F2N5O2. The van der Waals surface area contributed by atoms with Crippen molar-refractivity contribution in [2.24, 2.45) is 0 Å². The smallest absolute Gasteiger partial charge is 0.252 e. The van der Waals surface area contributed by atoms with Gasteiger partial charge in [-0.15, -0.1) is 0 Å². The summed E-state index contributed by atoms with van der Waals surface area (Å²) in [6.45, 7) is 1.68. The molecule has 9 heteroatoms. The maximum absolute atomic E-state index is 14.2. The third-order valence-corrected chi connectivity index (χ3v) is 5.15. The van der Waals surface area contributed by atoms with Crippen molar-refractivity contribution in [3.8, 4) is 6.07 Å². The molecule has 0 spiro atoms. The van der Waals surface area contributed by atoms with Gasteiger partial charge in [0.2, 0.25) is 5.91 Å². The Balaban J connectivity index is 1.65. The number of nitrogens with zero attached hydrogens (tertiary/aromatic N) is 3. The first-order valence-corrected chi connectivity index (χ1v) is 8.90. The molecule has 0 unspecified atom stereocenters. The van der Waals surface area contributed by atoms with Gasteiger partial charge in [0.05, 0.1) is 22.5 Å². The lowest BCUT2D eigenvalue weighted by Crippen LogP contribution is -2.39. The predicted molar refractivity (Wildman–Crippen MR) is 98.7 cm³/mol. The SMILES string of the molecule is C[C@@H](NC(=O)C1(c2cc3c(F)c(F)ccc3[nH]c2=O)CC1)c1ncc(C#N)cn1. The van der Waals surface area contributed by atoms with Crippen LogP contribution in [0.4, 0.5) is 8.78 Å². The third-order valence-electron chi connectivity index (χ3n) is 5.15. The Morgan fingerprint density at radius 2 is 2.00 bits per heavy atom.